The normalized spacial score (nSPS) is 18.9. The highest BCUT2D eigenvalue weighted by Gasteiger charge is 2.38. The van der Waals surface area contributed by atoms with Crippen LogP contribution < -0.4 is 5.56 Å². The zero-order valence-electron chi connectivity index (χ0n) is 7.72. The molecule has 1 aromatic heterocycles. The quantitative estimate of drug-likeness (QED) is 0.691. The lowest BCUT2D eigenvalue weighted by Gasteiger charge is -2.39. The van der Waals surface area contributed by atoms with Crippen LogP contribution in [-0.2, 0) is 11.3 Å². The van der Waals surface area contributed by atoms with E-state index in [2.05, 4.69) is 5.10 Å². The average molecular weight is 196 g/mol. The lowest BCUT2D eigenvalue weighted by Crippen LogP contribution is -2.50. The third-order valence-corrected chi connectivity index (χ3v) is 2.42. The summed E-state index contributed by atoms with van der Waals surface area (Å²) in [6.07, 6.45) is 1.56. The maximum Gasteiger partial charge on any atom is 0.266 e. The number of aromatic nitrogens is 2. The van der Waals surface area contributed by atoms with Gasteiger partial charge >= 0.3 is 0 Å². The molecule has 1 saturated heterocycles. The zero-order chi connectivity index (χ0) is 10.0. The fourth-order valence-corrected chi connectivity index (χ4v) is 1.45. The van der Waals surface area contributed by atoms with Crippen LogP contribution in [0.15, 0.2) is 23.1 Å². The summed E-state index contributed by atoms with van der Waals surface area (Å²) in [4.78, 5) is 11.3. The summed E-state index contributed by atoms with van der Waals surface area (Å²) in [6.45, 7) is 1.43. The van der Waals surface area contributed by atoms with Gasteiger partial charge in [-0.25, -0.2) is 4.68 Å². The van der Waals surface area contributed by atoms with E-state index in [9.17, 15) is 4.79 Å². The number of nitrogens with zero attached hydrogens (tertiary/aromatic N) is 2. The number of rotatable bonds is 3. The van der Waals surface area contributed by atoms with Crippen molar-refractivity contribution in [3.63, 3.8) is 0 Å². The van der Waals surface area contributed by atoms with Gasteiger partial charge < -0.3 is 9.84 Å². The van der Waals surface area contributed by atoms with Gasteiger partial charge in [0, 0.05) is 12.3 Å². The molecular weight excluding hydrogens is 184 g/mol. The number of ether oxygens (including phenoxy) is 1. The van der Waals surface area contributed by atoms with Crippen LogP contribution in [0.4, 0.5) is 0 Å². The molecule has 2 rings (SSSR count). The van der Waals surface area contributed by atoms with Crippen LogP contribution in [0, 0.1) is 5.41 Å². The summed E-state index contributed by atoms with van der Waals surface area (Å²) in [5, 5.41) is 13.1. The molecule has 0 spiro atoms. The number of aliphatic hydroxyl groups excluding tert-OH is 1. The average Bonchev–Trinajstić information content (AvgIpc) is 2.14. The van der Waals surface area contributed by atoms with Crippen molar-refractivity contribution in [1.82, 2.24) is 9.78 Å². The van der Waals surface area contributed by atoms with E-state index < -0.39 is 0 Å². The van der Waals surface area contributed by atoms with Crippen LogP contribution in [-0.4, -0.2) is 34.7 Å². The van der Waals surface area contributed by atoms with Crippen LogP contribution in [0.5, 0.6) is 0 Å². The van der Waals surface area contributed by atoms with E-state index in [1.807, 2.05) is 0 Å². The van der Waals surface area contributed by atoms with Crippen molar-refractivity contribution in [1.29, 1.82) is 0 Å². The first-order valence-corrected chi connectivity index (χ1v) is 4.47. The summed E-state index contributed by atoms with van der Waals surface area (Å²) < 4.78 is 6.40. The number of hydrogen-bond acceptors (Lipinski definition) is 4. The smallest absolute Gasteiger partial charge is 0.266 e. The van der Waals surface area contributed by atoms with Gasteiger partial charge in [0.05, 0.1) is 31.8 Å². The summed E-state index contributed by atoms with van der Waals surface area (Å²) in [7, 11) is 0. The number of hydrogen-bond donors (Lipinski definition) is 1. The van der Waals surface area contributed by atoms with Crippen molar-refractivity contribution >= 4 is 0 Å². The molecule has 0 radical (unpaired) electrons. The molecule has 0 saturated carbocycles. The topological polar surface area (TPSA) is 64.4 Å². The minimum Gasteiger partial charge on any atom is -0.396 e. The van der Waals surface area contributed by atoms with Gasteiger partial charge in [-0.3, -0.25) is 4.79 Å². The molecule has 0 atom stereocenters. The molecule has 1 aliphatic rings. The van der Waals surface area contributed by atoms with E-state index in [0.717, 1.165) is 0 Å². The van der Waals surface area contributed by atoms with Crippen molar-refractivity contribution in [2.45, 2.75) is 6.54 Å². The Morgan fingerprint density at radius 3 is 2.93 bits per heavy atom. The molecule has 0 amide bonds. The maximum absolute atomic E-state index is 11.3. The van der Waals surface area contributed by atoms with Gasteiger partial charge in [-0.05, 0) is 6.07 Å². The molecule has 1 aromatic rings. The van der Waals surface area contributed by atoms with Crippen molar-refractivity contribution in [3.8, 4) is 0 Å². The fraction of sp³-hybridized carbons (Fsp3) is 0.556. The third-order valence-electron chi connectivity index (χ3n) is 2.42. The Morgan fingerprint density at radius 1 is 1.64 bits per heavy atom. The van der Waals surface area contributed by atoms with E-state index >= 15 is 0 Å². The number of aliphatic hydroxyl groups is 1. The van der Waals surface area contributed by atoms with E-state index in [1.165, 1.54) is 10.7 Å². The lowest BCUT2D eigenvalue weighted by atomic mass is 9.87. The van der Waals surface area contributed by atoms with Crippen LogP contribution in [0.3, 0.4) is 0 Å². The summed E-state index contributed by atoms with van der Waals surface area (Å²) in [6, 6.07) is 3.05. The summed E-state index contributed by atoms with van der Waals surface area (Å²) in [5.41, 5.74) is -0.453. The molecule has 0 aliphatic carbocycles. The predicted octanol–water partition coefficient (Wildman–Crippen LogP) is -0.748. The standard InChI is InChI=1S/C9H12N2O3/c12-5-9(6-14-7-9)4-11-8(13)2-1-3-10-11/h1-3,12H,4-7H2. The molecule has 0 bridgehead atoms. The monoisotopic (exact) mass is 196 g/mol. The van der Waals surface area contributed by atoms with E-state index in [-0.39, 0.29) is 17.6 Å². The molecule has 2 heterocycles. The van der Waals surface area contributed by atoms with Crippen LogP contribution >= 0.6 is 0 Å². The Bertz CT molecular complexity index is 365. The molecule has 1 fully saturated rings. The molecule has 1 N–H and O–H groups in total. The van der Waals surface area contributed by atoms with Crippen LogP contribution in [0.1, 0.15) is 0 Å². The highest BCUT2D eigenvalue weighted by molar-refractivity contribution is 4.89. The van der Waals surface area contributed by atoms with Gasteiger partial charge in [0.2, 0.25) is 0 Å². The summed E-state index contributed by atoms with van der Waals surface area (Å²) >= 11 is 0. The van der Waals surface area contributed by atoms with Crippen LogP contribution in [0.25, 0.3) is 0 Å². The van der Waals surface area contributed by atoms with Crippen LogP contribution in [0.2, 0.25) is 0 Å². The van der Waals surface area contributed by atoms with Gasteiger partial charge in [0.1, 0.15) is 0 Å². The first-order chi connectivity index (χ1) is 6.76. The first-order valence-electron chi connectivity index (χ1n) is 4.47. The predicted molar refractivity (Wildman–Crippen MR) is 48.8 cm³/mol. The van der Waals surface area contributed by atoms with Crippen molar-refractivity contribution in [3.05, 3.63) is 28.7 Å². The first kappa shape index (κ1) is 9.36. The Kier molecular flexibility index (Phi) is 2.35. The van der Waals surface area contributed by atoms with Gasteiger partial charge in [0.15, 0.2) is 0 Å². The Hall–Kier alpha value is -1.20. The second kappa shape index (κ2) is 3.51. The molecule has 5 nitrogen and oxygen atoms in total. The molecule has 14 heavy (non-hydrogen) atoms. The second-order valence-corrected chi connectivity index (χ2v) is 3.67. The Morgan fingerprint density at radius 2 is 2.43 bits per heavy atom. The highest BCUT2D eigenvalue weighted by atomic mass is 16.5. The third kappa shape index (κ3) is 1.56. The largest absolute Gasteiger partial charge is 0.396 e. The van der Waals surface area contributed by atoms with Crippen molar-refractivity contribution in [2.24, 2.45) is 5.41 Å². The minimum atomic E-state index is -0.307. The van der Waals surface area contributed by atoms with Crippen molar-refractivity contribution < 1.29 is 9.84 Å². The SMILES string of the molecule is O=c1cccnn1CC1(CO)COC1. The molecule has 5 heteroatoms. The molecule has 0 unspecified atom stereocenters. The lowest BCUT2D eigenvalue weighted by molar-refractivity contribution is -0.146. The van der Waals surface area contributed by atoms with E-state index in [4.69, 9.17) is 9.84 Å². The van der Waals surface area contributed by atoms with Gasteiger partial charge in [-0.1, -0.05) is 0 Å². The minimum absolute atomic E-state index is 0.0238. The van der Waals surface area contributed by atoms with Gasteiger partial charge in [0.25, 0.3) is 5.56 Å². The highest BCUT2D eigenvalue weighted by Crippen LogP contribution is 2.27. The summed E-state index contributed by atoms with van der Waals surface area (Å²) in [5.74, 6) is 0. The Balaban J connectivity index is 2.18. The zero-order valence-corrected chi connectivity index (χ0v) is 7.72. The molecule has 76 valence electrons. The second-order valence-electron chi connectivity index (χ2n) is 3.67. The maximum atomic E-state index is 11.3. The molecular formula is C9H12N2O3. The van der Waals surface area contributed by atoms with Gasteiger partial charge in [-0.15, -0.1) is 0 Å². The van der Waals surface area contributed by atoms with Crippen molar-refractivity contribution in [2.75, 3.05) is 19.8 Å². The molecule has 0 aromatic carbocycles. The van der Waals surface area contributed by atoms with E-state index in [0.29, 0.717) is 19.8 Å². The Labute approximate surface area is 80.9 Å². The van der Waals surface area contributed by atoms with E-state index in [1.54, 1.807) is 12.3 Å². The van der Waals surface area contributed by atoms with Gasteiger partial charge in [-0.2, -0.15) is 5.10 Å². The molecule has 1 aliphatic heterocycles. The fourth-order valence-electron chi connectivity index (χ4n) is 1.45.